The van der Waals surface area contributed by atoms with Crippen LogP contribution in [0.25, 0.3) is 0 Å². The number of likely N-dealkylation sites (tertiary alicyclic amines) is 1. The van der Waals surface area contributed by atoms with Gasteiger partial charge in [0.1, 0.15) is 11.5 Å². The second kappa shape index (κ2) is 14.2. The van der Waals surface area contributed by atoms with E-state index >= 15 is 0 Å². The summed E-state index contributed by atoms with van der Waals surface area (Å²) in [5, 5.41) is 5.95. The maximum absolute atomic E-state index is 13.7. The number of fused-ring (bicyclic) bond motifs is 5. The zero-order valence-electron chi connectivity index (χ0n) is 26.3. The maximum Gasteiger partial charge on any atom is 0.257 e. The number of piperidine rings is 1. The molecule has 2 atom stereocenters. The summed E-state index contributed by atoms with van der Waals surface area (Å²) in [5.41, 5.74) is 2.34. The Morgan fingerprint density at radius 2 is 1.87 bits per heavy atom. The van der Waals surface area contributed by atoms with Crippen LogP contribution in [0.3, 0.4) is 0 Å². The first-order chi connectivity index (χ1) is 22.3. The van der Waals surface area contributed by atoms with E-state index in [1.165, 1.54) is 6.20 Å². The number of likely N-dealkylation sites (N-methyl/N-ethyl adjacent to an activating group) is 1. The number of aryl methyl sites for hydroxylation is 1. The van der Waals surface area contributed by atoms with Crippen molar-refractivity contribution in [3.8, 4) is 11.5 Å². The number of hydrogen-bond acceptors (Lipinski definition) is 10. The first kappa shape index (κ1) is 31.4. The first-order valence-corrected chi connectivity index (χ1v) is 15.8. The van der Waals surface area contributed by atoms with Crippen molar-refractivity contribution in [3.05, 3.63) is 71.3 Å². The summed E-state index contributed by atoms with van der Waals surface area (Å²) < 4.78 is 12.4. The van der Waals surface area contributed by atoms with Crippen LogP contribution in [0.5, 0.6) is 11.5 Å². The molecule has 4 bridgehead atoms. The summed E-state index contributed by atoms with van der Waals surface area (Å²) in [5.74, 6) is 1.04. The van der Waals surface area contributed by atoms with Gasteiger partial charge in [0.15, 0.2) is 0 Å². The number of carbonyl (C=O) groups excluding carboxylic acids is 3. The minimum atomic E-state index is -0.421. The van der Waals surface area contributed by atoms with Crippen LogP contribution in [-0.4, -0.2) is 107 Å². The number of nitrogens with one attached hydrogen (secondary N) is 2. The fourth-order valence-electron chi connectivity index (χ4n) is 5.92. The van der Waals surface area contributed by atoms with Crippen LogP contribution in [0.1, 0.15) is 51.2 Å². The number of anilines is 1. The molecule has 3 aliphatic rings. The standard InChI is InChI=1S/C33H40N8O5/c1-22-27(19-36-33(37-22)40-13-11-39(2)12-14-40)32(44)41-10-8-29-28(20-41)38-30(42)7-4-9-35-31(43)24-16-26(18-34-17-24)46-25-6-3-5-23(15-25)21-45-29/h3,5-6,15-19,28-29H,4,7-14,20-21H2,1-2H3,(H,35,43)(H,38,42)/t28-,29-/m0/s1. The Hall–Kier alpha value is -4.62. The molecule has 3 aliphatic heterocycles. The Bertz CT molecular complexity index is 1580. The Morgan fingerprint density at radius 3 is 2.70 bits per heavy atom. The first-order valence-electron chi connectivity index (χ1n) is 15.8. The van der Waals surface area contributed by atoms with Gasteiger partial charge in [-0.2, -0.15) is 0 Å². The van der Waals surface area contributed by atoms with E-state index in [1.54, 1.807) is 23.4 Å². The predicted molar refractivity (Wildman–Crippen MR) is 170 cm³/mol. The molecule has 0 aliphatic carbocycles. The fourth-order valence-corrected chi connectivity index (χ4v) is 5.92. The van der Waals surface area contributed by atoms with E-state index in [-0.39, 0.29) is 36.8 Å². The van der Waals surface area contributed by atoms with Crippen molar-refractivity contribution in [2.75, 3.05) is 57.8 Å². The zero-order chi connectivity index (χ0) is 32.0. The molecule has 2 aromatic heterocycles. The van der Waals surface area contributed by atoms with Gasteiger partial charge in [-0.15, -0.1) is 0 Å². The Labute approximate surface area is 268 Å². The number of carbonyl (C=O) groups is 3. The number of nitrogens with zero attached hydrogens (tertiary/aromatic N) is 6. The van der Waals surface area contributed by atoms with Gasteiger partial charge in [0.25, 0.3) is 11.8 Å². The molecule has 0 spiro atoms. The van der Waals surface area contributed by atoms with Crippen LogP contribution in [0.15, 0.2) is 48.9 Å². The van der Waals surface area contributed by atoms with E-state index in [1.807, 2.05) is 31.2 Å². The molecule has 242 valence electrons. The lowest BCUT2D eigenvalue weighted by atomic mass is 10.00. The summed E-state index contributed by atoms with van der Waals surface area (Å²) in [4.78, 5) is 59.0. The average molecular weight is 629 g/mol. The van der Waals surface area contributed by atoms with Crippen molar-refractivity contribution in [2.45, 2.75) is 44.9 Å². The fraction of sp³-hybridized carbons (Fsp3) is 0.455. The summed E-state index contributed by atoms with van der Waals surface area (Å²) >= 11 is 0. The van der Waals surface area contributed by atoms with Crippen LogP contribution in [0, 0.1) is 6.92 Å². The zero-order valence-corrected chi connectivity index (χ0v) is 26.3. The van der Waals surface area contributed by atoms with Crippen molar-refractivity contribution in [3.63, 3.8) is 0 Å². The molecule has 13 heteroatoms. The molecular formula is C33H40N8O5. The summed E-state index contributed by atoms with van der Waals surface area (Å²) in [6.07, 6.45) is 5.54. The van der Waals surface area contributed by atoms with E-state index in [0.717, 1.165) is 31.7 Å². The largest absolute Gasteiger partial charge is 0.456 e. The number of hydrogen-bond donors (Lipinski definition) is 2. The minimum absolute atomic E-state index is 0.167. The third-order valence-electron chi connectivity index (χ3n) is 8.61. The highest BCUT2D eigenvalue weighted by Gasteiger charge is 2.34. The van der Waals surface area contributed by atoms with Crippen molar-refractivity contribution in [2.24, 2.45) is 0 Å². The number of rotatable bonds is 2. The molecule has 0 unspecified atom stereocenters. The lowest BCUT2D eigenvalue weighted by Gasteiger charge is -2.39. The van der Waals surface area contributed by atoms with Gasteiger partial charge in [0.05, 0.1) is 41.8 Å². The average Bonchev–Trinajstić information content (AvgIpc) is 3.06. The summed E-state index contributed by atoms with van der Waals surface area (Å²) in [6, 6.07) is 8.72. The number of aromatic nitrogens is 3. The van der Waals surface area contributed by atoms with Gasteiger partial charge in [-0.3, -0.25) is 19.4 Å². The lowest BCUT2D eigenvalue weighted by Crippen LogP contribution is -2.57. The molecule has 5 heterocycles. The SMILES string of the molecule is Cc1nc(N2CCN(C)CC2)ncc1C(=O)N1CC[C@@H]2OCc3cccc(c3)Oc3cncc(c3)C(=O)NCCCC(=O)N[C@H]2C1. The van der Waals surface area contributed by atoms with E-state index < -0.39 is 6.04 Å². The molecule has 2 saturated heterocycles. The van der Waals surface area contributed by atoms with Crippen molar-refractivity contribution in [1.82, 2.24) is 35.4 Å². The highest BCUT2D eigenvalue weighted by atomic mass is 16.5. The molecule has 3 amide bonds. The summed E-state index contributed by atoms with van der Waals surface area (Å²) in [6.45, 7) is 6.76. The number of ether oxygens (including phenoxy) is 2. The van der Waals surface area contributed by atoms with Crippen molar-refractivity contribution >= 4 is 23.7 Å². The maximum atomic E-state index is 13.7. The second-order valence-corrected chi connectivity index (χ2v) is 12.0. The van der Waals surface area contributed by atoms with Gasteiger partial charge in [-0.05, 0) is 50.6 Å². The van der Waals surface area contributed by atoms with Crippen molar-refractivity contribution < 1.29 is 23.9 Å². The molecule has 46 heavy (non-hydrogen) atoms. The topological polar surface area (TPSA) is 142 Å². The van der Waals surface area contributed by atoms with Crippen LogP contribution >= 0.6 is 0 Å². The molecular weight excluding hydrogens is 588 g/mol. The highest BCUT2D eigenvalue weighted by molar-refractivity contribution is 5.95. The van der Waals surface area contributed by atoms with Gasteiger partial charge in [-0.25, -0.2) is 9.97 Å². The minimum Gasteiger partial charge on any atom is -0.456 e. The van der Waals surface area contributed by atoms with Gasteiger partial charge in [0, 0.05) is 64.6 Å². The molecule has 2 fully saturated rings. The molecule has 0 saturated carbocycles. The Balaban J connectivity index is 1.16. The molecule has 3 aromatic rings. The van der Waals surface area contributed by atoms with Crippen LogP contribution in [0.4, 0.5) is 5.95 Å². The molecule has 1 aromatic carbocycles. The van der Waals surface area contributed by atoms with Crippen LogP contribution in [-0.2, 0) is 16.1 Å². The molecule has 13 nitrogen and oxygen atoms in total. The third-order valence-corrected chi connectivity index (χ3v) is 8.61. The predicted octanol–water partition coefficient (Wildman–Crippen LogP) is 2.16. The highest BCUT2D eigenvalue weighted by Crippen LogP contribution is 2.25. The van der Waals surface area contributed by atoms with E-state index in [0.29, 0.717) is 66.8 Å². The molecule has 0 radical (unpaired) electrons. The quantitative estimate of drug-likeness (QED) is 0.434. The molecule has 6 rings (SSSR count). The normalized spacial score (nSPS) is 21.6. The van der Waals surface area contributed by atoms with E-state index in [4.69, 9.17) is 9.47 Å². The third kappa shape index (κ3) is 7.60. The number of pyridine rings is 1. The molecule has 2 N–H and O–H groups in total. The van der Waals surface area contributed by atoms with Crippen LogP contribution in [0.2, 0.25) is 0 Å². The van der Waals surface area contributed by atoms with Gasteiger partial charge < -0.3 is 34.8 Å². The number of benzene rings is 1. The summed E-state index contributed by atoms with van der Waals surface area (Å²) in [7, 11) is 2.10. The van der Waals surface area contributed by atoms with Gasteiger partial charge >= 0.3 is 0 Å². The number of amides is 3. The number of piperazine rings is 1. The van der Waals surface area contributed by atoms with Crippen LogP contribution < -0.4 is 20.3 Å². The smallest absolute Gasteiger partial charge is 0.257 e. The van der Waals surface area contributed by atoms with E-state index in [9.17, 15) is 14.4 Å². The Kier molecular flexibility index (Phi) is 9.69. The van der Waals surface area contributed by atoms with E-state index in [2.05, 4.69) is 42.4 Å². The second-order valence-electron chi connectivity index (χ2n) is 12.0. The van der Waals surface area contributed by atoms with Gasteiger partial charge in [-0.1, -0.05) is 12.1 Å². The van der Waals surface area contributed by atoms with Crippen molar-refractivity contribution in [1.29, 1.82) is 0 Å². The lowest BCUT2D eigenvalue weighted by molar-refractivity contribution is -0.124. The monoisotopic (exact) mass is 628 g/mol. The Morgan fingerprint density at radius 1 is 1.02 bits per heavy atom. The van der Waals surface area contributed by atoms with Gasteiger partial charge in [0.2, 0.25) is 11.9 Å².